The summed E-state index contributed by atoms with van der Waals surface area (Å²) in [5.74, 6) is 0.719. The van der Waals surface area contributed by atoms with E-state index in [1.807, 2.05) is 48.8 Å². The summed E-state index contributed by atoms with van der Waals surface area (Å²) >= 11 is 0. The van der Waals surface area contributed by atoms with E-state index in [0.29, 0.717) is 43.2 Å². The monoisotopic (exact) mass is 389 g/mol. The van der Waals surface area contributed by atoms with Crippen molar-refractivity contribution >= 4 is 26.7 Å². The van der Waals surface area contributed by atoms with Crippen LogP contribution in [-0.2, 0) is 14.8 Å². The zero-order chi connectivity index (χ0) is 19.6. The lowest BCUT2D eigenvalue weighted by molar-refractivity contribution is -0.134. The van der Waals surface area contributed by atoms with Crippen LogP contribution in [0.2, 0.25) is 0 Å². The number of rotatable bonds is 3. The number of amidine groups is 1. The highest BCUT2D eigenvalue weighted by Gasteiger charge is 2.34. The maximum Gasteiger partial charge on any atom is 0.285 e. The maximum atomic E-state index is 12.7. The summed E-state index contributed by atoms with van der Waals surface area (Å²) in [7, 11) is -3.70. The van der Waals surface area contributed by atoms with Crippen molar-refractivity contribution in [2.24, 2.45) is 10.3 Å². The van der Waals surface area contributed by atoms with Gasteiger partial charge in [0.1, 0.15) is 10.7 Å². The highest BCUT2D eigenvalue weighted by molar-refractivity contribution is 8.00. The average molecular weight is 390 g/mol. The van der Waals surface area contributed by atoms with Gasteiger partial charge in [-0.05, 0) is 25.3 Å². The molecular weight excluding hydrogens is 362 g/mol. The fourth-order valence-corrected chi connectivity index (χ4v) is 5.09. The van der Waals surface area contributed by atoms with Gasteiger partial charge >= 0.3 is 0 Å². The molecule has 0 aliphatic carbocycles. The Morgan fingerprint density at radius 3 is 2.52 bits per heavy atom. The molecule has 2 aliphatic rings. The minimum atomic E-state index is -3.70. The normalized spacial score (nSPS) is 21.1. The van der Waals surface area contributed by atoms with Gasteiger partial charge < -0.3 is 9.80 Å². The lowest BCUT2D eigenvalue weighted by Crippen LogP contribution is -2.39. The van der Waals surface area contributed by atoms with Crippen molar-refractivity contribution in [3.8, 4) is 0 Å². The summed E-state index contributed by atoms with van der Waals surface area (Å²) in [5.41, 5.74) is 1.35. The molecule has 2 aliphatic heterocycles. The van der Waals surface area contributed by atoms with Crippen molar-refractivity contribution < 1.29 is 13.2 Å². The fourth-order valence-electron chi connectivity index (χ4n) is 3.61. The molecule has 1 unspecified atom stereocenters. The Morgan fingerprint density at radius 1 is 1.15 bits per heavy atom. The summed E-state index contributed by atoms with van der Waals surface area (Å²) in [5, 5.41) is 0. The lowest BCUT2D eigenvalue weighted by atomic mass is 10.1. The molecule has 6 nitrogen and oxygen atoms in total. The fraction of sp³-hybridized carbons (Fsp3) is 0.500. The molecule has 3 rings (SSSR count). The van der Waals surface area contributed by atoms with Crippen molar-refractivity contribution in [3.63, 3.8) is 0 Å². The van der Waals surface area contributed by atoms with Crippen LogP contribution in [0.4, 0.5) is 0 Å². The predicted molar refractivity (Wildman–Crippen MR) is 108 cm³/mol. The van der Waals surface area contributed by atoms with Crippen molar-refractivity contribution in [2.45, 2.75) is 33.6 Å². The van der Waals surface area contributed by atoms with E-state index in [1.165, 1.54) is 0 Å². The van der Waals surface area contributed by atoms with Gasteiger partial charge in [-0.1, -0.05) is 44.2 Å². The van der Waals surface area contributed by atoms with E-state index < -0.39 is 10.0 Å². The average Bonchev–Trinajstić information content (AvgIpc) is 2.82. The minimum absolute atomic E-state index is 0.0204. The van der Waals surface area contributed by atoms with E-state index in [1.54, 1.807) is 12.1 Å². The van der Waals surface area contributed by atoms with E-state index >= 15 is 0 Å². The largest absolute Gasteiger partial charge is 0.354 e. The molecule has 0 aromatic heterocycles. The van der Waals surface area contributed by atoms with Gasteiger partial charge in [0.2, 0.25) is 5.91 Å². The van der Waals surface area contributed by atoms with Gasteiger partial charge in [-0.2, -0.15) is 8.42 Å². The van der Waals surface area contributed by atoms with E-state index in [2.05, 4.69) is 4.40 Å². The van der Waals surface area contributed by atoms with Crippen molar-refractivity contribution in [2.75, 3.05) is 26.2 Å². The second-order valence-corrected chi connectivity index (χ2v) is 8.73. The van der Waals surface area contributed by atoms with Gasteiger partial charge in [-0.25, -0.2) is 0 Å². The van der Waals surface area contributed by atoms with Crippen molar-refractivity contribution in [3.05, 3.63) is 41.5 Å². The van der Waals surface area contributed by atoms with Crippen molar-refractivity contribution in [1.82, 2.24) is 9.80 Å². The number of carbonyl (C=O) groups excluding carboxylic acids is 1. The highest BCUT2D eigenvalue weighted by atomic mass is 32.2. The number of carbonyl (C=O) groups is 1. The number of benzene rings is 1. The van der Waals surface area contributed by atoms with Crippen LogP contribution in [0.1, 0.15) is 39.2 Å². The van der Waals surface area contributed by atoms with Crippen LogP contribution in [0.3, 0.4) is 0 Å². The molecule has 2 heterocycles. The summed E-state index contributed by atoms with van der Waals surface area (Å²) < 4.78 is 29.4. The molecule has 0 saturated carbocycles. The number of amides is 1. The summed E-state index contributed by atoms with van der Waals surface area (Å²) in [6, 6.07) is 9.11. The Labute approximate surface area is 161 Å². The zero-order valence-electron chi connectivity index (χ0n) is 16.2. The summed E-state index contributed by atoms with van der Waals surface area (Å²) in [6.45, 7) is 8.37. The molecule has 1 aromatic rings. The Balaban J connectivity index is 1.83. The number of hydrogen-bond acceptors (Lipinski definition) is 4. The Bertz CT molecular complexity index is 875. The molecule has 27 heavy (non-hydrogen) atoms. The molecule has 1 aromatic carbocycles. The molecule has 0 bridgehead atoms. The van der Waals surface area contributed by atoms with Gasteiger partial charge in [0.05, 0.1) is 0 Å². The van der Waals surface area contributed by atoms with Crippen LogP contribution in [0, 0.1) is 5.92 Å². The minimum Gasteiger partial charge on any atom is -0.354 e. The van der Waals surface area contributed by atoms with Crippen LogP contribution in [-0.4, -0.2) is 56.1 Å². The Morgan fingerprint density at radius 2 is 1.85 bits per heavy atom. The zero-order valence-corrected chi connectivity index (χ0v) is 17.0. The van der Waals surface area contributed by atoms with Crippen LogP contribution in [0.15, 0.2) is 40.3 Å². The van der Waals surface area contributed by atoms with Gasteiger partial charge in [0.15, 0.2) is 0 Å². The molecule has 0 radical (unpaired) electrons. The van der Waals surface area contributed by atoms with Crippen molar-refractivity contribution in [1.29, 1.82) is 0 Å². The molecule has 1 fully saturated rings. The molecule has 0 spiro atoms. The first kappa shape index (κ1) is 19.6. The quantitative estimate of drug-likeness (QED) is 0.797. The van der Waals surface area contributed by atoms with E-state index in [-0.39, 0.29) is 16.7 Å². The van der Waals surface area contributed by atoms with Crippen LogP contribution >= 0.6 is 0 Å². The first-order valence-electron chi connectivity index (χ1n) is 9.50. The van der Waals surface area contributed by atoms with Gasteiger partial charge in [-0.3, -0.25) is 4.79 Å². The molecule has 1 amide bonds. The molecule has 1 saturated heterocycles. The van der Waals surface area contributed by atoms with Crippen LogP contribution in [0.5, 0.6) is 0 Å². The molecule has 146 valence electrons. The second kappa shape index (κ2) is 7.84. The van der Waals surface area contributed by atoms with Crippen LogP contribution < -0.4 is 0 Å². The number of sulfonamides is 1. The first-order valence-corrected chi connectivity index (χ1v) is 10.9. The van der Waals surface area contributed by atoms with Gasteiger partial charge in [0.25, 0.3) is 10.0 Å². The van der Waals surface area contributed by atoms with Gasteiger partial charge in [-0.15, -0.1) is 4.40 Å². The van der Waals surface area contributed by atoms with Crippen LogP contribution in [0.25, 0.3) is 4.91 Å². The topological polar surface area (TPSA) is 70.1 Å². The third-order valence-electron chi connectivity index (χ3n) is 5.32. The molecular formula is C20H27N3O3S. The Kier molecular flexibility index (Phi) is 5.69. The summed E-state index contributed by atoms with van der Waals surface area (Å²) in [4.78, 5) is 16.7. The SMILES string of the molecule is CCC(C)C(=O)N1CCCN(C2=NS(=O)(=O)C(c3ccccc3)=C2C)CC1. The Hall–Kier alpha value is -2.15. The van der Waals surface area contributed by atoms with E-state index in [4.69, 9.17) is 0 Å². The summed E-state index contributed by atoms with van der Waals surface area (Å²) in [6.07, 6.45) is 1.63. The highest BCUT2D eigenvalue weighted by Crippen LogP contribution is 2.33. The maximum absolute atomic E-state index is 12.7. The smallest absolute Gasteiger partial charge is 0.285 e. The third-order valence-corrected chi connectivity index (χ3v) is 6.79. The van der Waals surface area contributed by atoms with Gasteiger partial charge in [0, 0.05) is 37.7 Å². The predicted octanol–water partition coefficient (Wildman–Crippen LogP) is 2.74. The van der Waals surface area contributed by atoms with E-state index in [0.717, 1.165) is 12.8 Å². The molecule has 0 N–H and O–H groups in total. The standard InChI is InChI=1S/C20H27N3O3S/c1-4-15(2)20(24)23-12-8-11-22(13-14-23)19-16(3)18(27(25,26)21-19)17-9-6-5-7-10-17/h5-7,9-10,15H,4,8,11-14H2,1-3H3. The number of nitrogens with zero attached hydrogens (tertiary/aromatic N) is 3. The third kappa shape index (κ3) is 3.93. The first-order chi connectivity index (χ1) is 12.8. The van der Waals surface area contributed by atoms with E-state index in [9.17, 15) is 13.2 Å². The lowest BCUT2D eigenvalue weighted by Gasteiger charge is -2.25. The second-order valence-electron chi connectivity index (χ2n) is 7.19. The molecule has 7 heteroatoms. The number of hydrogen-bond donors (Lipinski definition) is 0. The molecule has 1 atom stereocenters.